The van der Waals surface area contributed by atoms with Crippen LogP contribution in [0.3, 0.4) is 0 Å². The molecule has 8 heteroatoms. The molecule has 36 heavy (non-hydrogen) atoms. The van der Waals surface area contributed by atoms with Gasteiger partial charge in [0.05, 0.1) is 44.7 Å². The molecule has 0 bridgehead atoms. The number of thiazole rings is 2. The van der Waals surface area contributed by atoms with Crippen LogP contribution in [0.15, 0.2) is 48.5 Å². The van der Waals surface area contributed by atoms with Gasteiger partial charge in [-0.25, -0.2) is 9.97 Å². The van der Waals surface area contributed by atoms with Crippen molar-refractivity contribution in [3.05, 3.63) is 69.7 Å². The maximum Gasteiger partial charge on any atom is 0.123 e. The maximum absolute atomic E-state index is 5.66. The Bertz CT molecular complexity index is 1230. The van der Waals surface area contributed by atoms with Crippen LogP contribution < -0.4 is 10.9 Å². The van der Waals surface area contributed by atoms with E-state index in [-0.39, 0.29) is 12.2 Å². The van der Waals surface area contributed by atoms with Gasteiger partial charge in [-0.3, -0.25) is 0 Å². The SMILES string of the molecule is COC1CCCc2nc(-c3ccc(NNc4ccc(-c5nc6c(s5)C(OC)CCC6)cc4)cc3)sc21. The van der Waals surface area contributed by atoms with E-state index >= 15 is 0 Å². The van der Waals surface area contributed by atoms with Gasteiger partial charge in [-0.2, -0.15) is 0 Å². The summed E-state index contributed by atoms with van der Waals surface area (Å²) >= 11 is 3.53. The second-order valence-corrected chi connectivity index (χ2v) is 11.4. The molecule has 0 aliphatic heterocycles. The number of hydrazine groups is 1. The third kappa shape index (κ3) is 4.66. The lowest BCUT2D eigenvalue weighted by atomic mass is 10.0. The predicted octanol–water partition coefficient (Wildman–Crippen LogP) is 7.42. The summed E-state index contributed by atoms with van der Waals surface area (Å²) < 4.78 is 11.3. The Morgan fingerprint density at radius 3 is 1.47 bits per heavy atom. The average Bonchev–Trinajstić information content (AvgIpc) is 3.57. The zero-order valence-electron chi connectivity index (χ0n) is 20.5. The van der Waals surface area contributed by atoms with Gasteiger partial charge in [0.1, 0.15) is 10.0 Å². The highest BCUT2D eigenvalue weighted by Gasteiger charge is 2.25. The largest absolute Gasteiger partial charge is 0.376 e. The summed E-state index contributed by atoms with van der Waals surface area (Å²) in [5.74, 6) is 0. The lowest BCUT2D eigenvalue weighted by Crippen LogP contribution is -2.08. The van der Waals surface area contributed by atoms with Crippen LogP contribution >= 0.6 is 22.7 Å². The zero-order chi connectivity index (χ0) is 24.5. The number of anilines is 2. The first-order valence-electron chi connectivity index (χ1n) is 12.5. The second-order valence-electron chi connectivity index (χ2n) is 9.30. The van der Waals surface area contributed by atoms with Gasteiger partial charge in [-0.15, -0.1) is 22.7 Å². The lowest BCUT2D eigenvalue weighted by molar-refractivity contribution is 0.0907. The van der Waals surface area contributed by atoms with Crippen molar-refractivity contribution in [3.63, 3.8) is 0 Å². The van der Waals surface area contributed by atoms with Crippen molar-refractivity contribution in [1.29, 1.82) is 0 Å². The Labute approximate surface area is 219 Å². The standard InChI is InChI=1S/C28H30N4O2S2/c1-33-23-7-3-5-21-25(23)35-27(29-21)17-9-13-19(14-10-17)31-32-20-15-11-18(12-16-20)28-30-22-6-4-8-24(34-2)26(22)36-28/h9-16,23-24,31-32H,3-8H2,1-2H3. The molecule has 2 atom stereocenters. The first kappa shape index (κ1) is 23.6. The molecule has 2 aromatic heterocycles. The fourth-order valence-electron chi connectivity index (χ4n) is 4.99. The number of benzene rings is 2. The first-order chi connectivity index (χ1) is 17.7. The van der Waals surface area contributed by atoms with E-state index in [9.17, 15) is 0 Å². The van der Waals surface area contributed by atoms with Crippen molar-refractivity contribution >= 4 is 34.0 Å². The smallest absolute Gasteiger partial charge is 0.123 e. The van der Waals surface area contributed by atoms with E-state index in [1.807, 2.05) is 0 Å². The van der Waals surface area contributed by atoms with Crippen LogP contribution in [0.5, 0.6) is 0 Å². The Morgan fingerprint density at radius 2 is 1.08 bits per heavy atom. The molecule has 2 N–H and O–H groups in total. The fraction of sp³-hybridized carbons (Fsp3) is 0.357. The molecule has 4 aromatic rings. The Kier molecular flexibility index (Phi) is 6.75. The summed E-state index contributed by atoms with van der Waals surface area (Å²) in [6.45, 7) is 0. The molecule has 0 spiro atoms. The zero-order valence-corrected chi connectivity index (χ0v) is 22.2. The monoisotopic (exact) mass is 518 g/mol. The Balaban J connectivity index is 1.10. The minimum absolute atomic E-state index is 0.194. The molecule has 6 nitrogen and oxygen atoms in total. The number of rotatable bonds is 7. The van der Waals surface area contributed by atoms with E-state index in [4.69, 9.17) is 19.4 Å². The molecule has 6 rings (SSSR count). The molecule has 2 aliphatic carbocycles. The maximum atomic E-state index is 5.66. The van der Waals surface area contributed by atoms with E-state index in [0.29, 0.717) is 0 Å². The number of nitrogens with zero attached hydrogens (tertiary/aromatic N) is 2. The fourth-order valence-corrected chi connectivity index (χ4v) is 7.45. The van der Waals surface area contributed by atoms with Crippen LogP contribution in [0, 0.1) is 0 Å². The van der Waals surface area contributed by atoms with Gasteiger partial charge >= 0.3 is 0 Å². The second kappa shape index (κ2) is 10.3. The number of hydrogen-bond donors (Lipinski definition) is 2. The van der Waals surface area contributed by atoms with Gasteiger partial charge in [0.25, 0.3) is 0 Å². The molecular formula is C28H30N4O2S2. The topological polar surface area (TPSA) is 68.3 Å². The highest BCUT2D eigenvalue weighted by Crippen LogP contribution is 2.40. The number of nitrogens with one attached hydrogen (secondary N) is 2. The third-order valence-electron chi connectivity index (χ3n) is 6.98. The average molecular weight is 519 g/mol. The molecule has 2 aromatic carbocycles. The normalized spacial score (nSPS) is 18.9. The number of ether oxygens (including phenoxy) is 2. The molecule has 2 unspecified atom stereocenters. The van der Waals surface area contributed by atoms with Gasteiger partial charge in [-0.1, -0.05) is 0 Å². The van der Waals surface area contributed by atoms with Gasteiger partial charge in [0, 0.05) is 25.3 Å². The van der Waals surface area contributed by atoms with E-state index < -0.39 is 0 Å². The van der Waals surface area contributed by atoms with E-state index in [0.717, 1.165) is 71.0 Å². The number of fused-ring (bicyclic) bond motifs is 2. The van der Waals surface area contributed by atoms with Gasteiger partial charge in [-0.05, 0) is 87.1 Å². The summed E-state index contributed by atoms with van der Waals surface area (Å²) in [5, 5.41) is 2.14. The summed E-state index contributed by atoms with van der Waals surface area (Å²) in [4.78, 5) is 12.4. The summed E-state index contributed by atoms with van der Waals surface area (Å²) in [6, 6.07) is 16.8. The number of aromatic nitrogens is 2. The minimum Gasteiger partial charge on any atom is -0.376 e. The van der Waals surface area contributed by atoms with E-state index in [1.165, 1.54) is 21.1 Å². The highest BCUT2D eigenvalue weighted by molar-refractivity contribution is 7.15. The van der Waals surface area contributed by atoms with Crippen LogP contribution in [-0.2, 0) is 22.3 Å². The van der Waals surface area contributed by atoms with Crippen molar-refractivity contribution in [2.75, 3.05) is 25.1 Å². The molecule has 0 saturated heterocycles. The molecule has 0 fully saturated rings. The molecule has 0 radical (unpaired) electrons. The summed E-state index contributed by atoms with van der Waals surface area (Å²) in [5.41, 5.74) is 13.3. The third-order valence-corrected chi connectivity index (χ3v) is 9.46. The van der Waals surface area contributed by atoms with Crippen molar-refractivity contribution in [2.45, 2.75) is 50.7 Å². The minimum atomic E-state index is 0.194. The van der Waals surface area contributed by atoms with Crippen molar-refractivity contribution in [2.24, 2.45) is 0 Å². The summed E-state index contributed by atoms with van der Waals surface area (Å²) in [6.07, 6.45) is 6.94. The predicted molar refractivity (Wildman–Crippen MR) is 148 cm³/mol. The molecule has 186 valence electrons. The van der Waals surface area contributed by atoms with Gasteiger partial charge in [0.2, 0.25) is 0 Å². The van der Waals surface area contributed by atoms with Crippen LogP contribution in [0.4, 0.5) is 11.4 Å². The van der Waals surface area contributed by atoms with Gasteiger partial charge in [0.15, 0.2) is 0 Å². The number of hydrogen-bond acceptors (Lipinski definition) is 8. The van der Waals surface area contributed by atoms with Crippen molar-refractivity contribution in [3.8, 4) is 21.1 Å². The summed E-state index contributed by atoms with van der Waals surface area (Å²) in [7, 11) is 3.59. The highest BCUT2D eigenvalue weighted by atomic mass is 32.1. The molecule has 2 aliphatic rings. The van der Waals surface area contributed by atoms with Crippen LogP contribution in [0.1, 0.15) is 59.0 Å². The van der Waals surface area contributed by atoms with Crippen molar-refractivity contribution < 1.29 is 9.47 Å². The molecular weight excluding hydrogens is 488 g/mol. The van der Waals surface area contributed by atoms with Crippen LogP contribution in [0.2, 0.25) is 0 Å². The molecule has 0 amide bonds. The first-order valence-corrected chi connectivity index (χ1v) is 14.1. The van der Waals surface area contributed by atoms with Gasteiger partial charge < -0.3 is 20.3 Å². The lowest BCUT2D eigenvalue weighted by Gasteiger charge is -2.19. The van der Waals surface area contributed by atoms with Crippen LogP contribution in [0.25, 0.3) is 21.1 Å². The Morgan fingerprint density at radius 1 is 0.667 bits per heavy atom. The Hall–Kier alpha value is -2.78. The quantitative estimate of drug-likeness (QED) is 0.248. The van der Waals surface area contributed by atoms with E-state index in [2.05, 4.69) is 59.4 Å². The molecule has 0 saturated carbocycles. The number of methoxy groups -OCH3 is 2. The van der Waals surface area contributed by atoms with Crippen molar-refractivity contribution in [1.82, 2.24) is 9.97 Å². The van der Waals surface area contributed by atoms with Crippen LogP contribution in [-0.4, -0.2) is 24.2 Å². The van der Waals surface area contributed by atoms with E-state index in [1.54, 1.807) is 36.9 Å². The number of aryl methyl sites for hydroxylation is 2. The molecule has 2 heterocycles.